The molecule has 2 rings (SSSR count). The van der Waals surface area contributed by atoms with Gasteiger partial charge in [0.25, 0.3) is 0 Å². The van der Waals surface area contributed by atoms with Gasteiger partial charge in [-0.25, -0.2) is 4.98 Å². The molecule has 0 radical (unpaired) electrons. The summed E-state index contributed by atoms with van der Waals surface area (Å²) in [6, 6.07) is 7.19. The fourth-order valence-corrected chi connectivity index (χ4v) is 2.84. The van der Waals surface area contributed by atoms with E-state index >= 15 is 0 Å². The van der Waals surface area contributed by atoms with Gasteiger partial charge in [0.15, 0.2) is 0 Å². The third-order valence-electron chi connectivity index (χ3n) is 4.23. The molecule has 24 heavy (non-hydrogen) atoms. The zero-order valence-electron chi connectivity index (χ0n) is 14.0. The van der Waals surface area contributed by atoms with Crippen LogP contribution in [-0.4, -0.2) is 27.2 Å². The molecule has 130 valence electrons. The molecule has 1 aromatic carbocycles. The minimum atomic E-state index is -0.350. The molecule has 0 aliphatic heterocycles. The summed E-state index contributed by atoms with van der Waals surface area (Å²) >= 11 is 5.85. The van der Waals surface area contributed by atoms with Crippen molar-refractivity contribution < 1.29 is 14.6 Å². The Kier molecular flexibility index (Phi) is 6.82. The van der Waals surface area contributed by atoms with Crippen molar-refractivity contribution in [3.8, 4) is 0 Å². The lowest BCUT2D eigenvalue weighted by Gasteiger charge is -2.23. The topological polar surface area (TPSA) is 64.3 Å². The Morgan fingerprint density at radius 2 is 2.08 bits per heavy atom. The average molecular weight is 351 g/mol. The van der Waals surface area contributed by atoms with E-state index in [9.17, 15) is 9.90 Å². The van der Waals surface area contributed by atoms with Crippen LogP contribution in [-0.2, 0) is 29.6 Å². The first-order valence-electron chi connectivity index (χ1n) is 8.02. The van der Waals surface area contributed by atoms with Gasteiger partial charge in [-0.3, -0.25) is 4.79 Å². The molecule has 1 N–H and O–H groups in total. The largest absolute Gasteiger partial charge is 0.461 e. The second kappa shape index (κ2) is 8.85. The predicted octanol–water partition coefficient (Wildman–Crippen LogP) is 2.99. The van der Waals surface area contributed by atoms with Crippen LogP contribution in [0.5, 0.6) is 0 Å². The van der Waals surface area contributed by atoms with Crippen LogP contribution in [0.25, 0.3) is 0 Å². The van der Waals surface area contributed by atoms with Crippen LogP contribution in [0.2, 0.25) is 5.02 Å². The molecule has 2 atom stereocenters. The van der Waals surface area contributed by atoms with E-state index in [0.717, 1.165) is 11.3 Å². The van der Waals surface area contributed by atoms with Crippen molar-refractivity contribution in [3.63, 3.8) is 0 Å². The summed E-state index contributed by atoms with van der Waals surface area (Å²) < 4.78 is 7.33. The first-order valence-corrected chi connectivity index (χ1v) is 8.40. The van der Waals surface area contributed by atoms with Gasteiger partial charge in [-0.15, -0.1) is 0 Å². The van der Waals surface area contributed by atoms with Crippen LogP contribution in [0.4, 0.5) is 0 Å². The summed E-state index contributed by atoms with van der Waals surface area (Å²) in [5, 5.41) is 10.4. The van der Waals surface area contributed by atoms with Gasteiger partial charge in [0, 0.05) is 36.5 Å². The molecule has 0 fully saturated rings. The molecule has 5 nitrogen and oxygen atoms in total. The molecule has 2 unspecified atom stereocenters. The fourth-order valence-electron chi connectivity index (χ4n) is 2.72. The second-order valence-corrected chi connectivity index (χ2v) is 6.33. The van der Waals surface area contributed by atoms with Gasteiger partial charge >= 0.3 is 5.97 Å². The van der Waals surface area contributed by atoms with Gasteiger partial charge in [0.05, 0.1) is 12.2 Å². The first-order chi connectivity index (χ1) is 11.5. The van der Waals surface area contributed by atoms with Crippen LogP contribution in [0.3, 0.4) is 0 Å². The third-order valence-corrected chi connectivity index (χ3v) is 4.48. The number of aromatic nitrogens is 2. The second-order valence-electron chi connectivity index (χ2n) is 5.89. The molecule has 0 spiro atoms. The molecule has 0 saturated heterocycles. The number of ether oxygens (including phenoxy) is 1. The van der Waals surface area contributed by atoms with Crippen molar-refractivity contribution in [2.45, 2.75) is 26.4 Å². The zero-order chi connectivity index (χ0) is 17.5. The van der Waals surface area contributed by atoms with Crippen LogP contribution < -0.4 is 0 Å². The van der Waals surface area contributed by atoms with Crippen molar-refractivity contribution in [1.82, 2.24) is 9.55 Å². The van der Waals surface area contributed by atoms with Crippen molar-refractivity contribution in [3.05, 3.63) is 53.1 Å². The van der Waals surface area contributed by atoms with Crippen LogP contribution in [0.1, 0.15) is 24.6 Å². The van der Waals surface area contributed by atoms with Gasteiger partial charge in [0.2, 0.25) is 0 Å². The molecule has 2 aromatic rings. The number of nitrogens with zero attached hydrogens (tertiary/aromatic N) is 2. The Labute approximate surface area is 147 Å². The van der Waals surface area contributed by atoms with Gasteiger partial charge in [-0.05, 0) is 30.5 Å². The van der Waals surface area contributed by atoms with E-state index < -0.39 is 0 Å². The number of benzene rings is 1. The van der Waals surface area contributed by atoms with E-state index in [0.29, 0.717) is 17.9 Å². The highest BCUT2D eigenvalue weighted by atomic mass is 35.5. The number of aliphatic hydroxyl groups is 1. The molecule has 1 heterocycles. The van der Waals surface area contributed by atoms with Gasteiger partial charge in [0.1, 0.15) is 6.61 Å². The van der Waals surface area contributed by atoms with Crippen LogP contribution >= 0.6 is 11.6 Å². The van der Waals surface area contributed by atoms with E-state index in [1.54, 1.807) is 24.7 Å². The van der Waals surface area contributed by atoms with Gasteiger partial charge in [-0.2, -0.15) is 0 Å². The number of hydrogen-bond acceptors (Lipinski definition) is 4. The molecular weight excluding hydrogens is 328 g/mol. The molecule has 1 aromatic heterocycles. The first kappa shape index (κ1) is 18.5. The molecular formula is C18H23ClN2O3. The molecule has 0 aliphatic rings. The standard InChI is InChI=1S/C18H23ClN2O3/c1-3-17(14(10-22)8-16-9-20-12-21(16)2)18(23)24-11-13-4-6-15(19)7-5-13/h4-7,9,12,14,17,22H,3,8,10-11H2,1-2H3. The lowest BCUT2D eigenvalue weighted by Crippen LogP contribution is -2.29. The minimum absolute atomic E-state index is 0.0697. The number of hydrogen-bond donors (Lipinski definition) is 1. The maximum atomic E-state index is 12.4. The van der Waals surface area contributed by atoms with Gasteiger partial charge < -0.3 is 14.4 Å². The third kappa shape index (κ3) is 4.82. The molecule has 0 amide bonds. The number of aliphatic hydroxyl groups excluding tert-OH is 1. The maximum Gasteiger partial charge on any atom is 0.309 e. The Hall–Kier alpha value is -1.85. The molecule has 0 aliphatic carbocycles. The molecule has 0 bridgehead atoms. The monoisotopic (exact) mass is 350 g/mol. The number of halogens is 1. The predicted molar refractivity (Wildman–Crippen MR) is 92.5 cm³/mol. The van der Waals surface area contributed by atoms with Crippen LogP contribution in [0, 0.1) is 11.8 Å². The highest BCUT2D eigenvalue weighted by Gasteiger charge is 2.28. The smallest absolute Gasteiger partial charge is 0.309 e. The Morgan fingerprint density at radius 1 is 1.38 bits per heavy atom. The number of esters is 1. The van der Waals surface area contributed by atoms with E-state index in [-0.39, 0.29) is 31.0 Å². The summed E-state index contributed by atoms with van der Waals surface area (Å²) in [5.74, 6) is -0.825. The summed E-state index contributed by atoms with van der Waals surface area (Å²) in [7, 11) is 1.90. The molecule has 6 heteroatoms. The highest BCUT2D eigenvalue weighted by molar-refractivity contribution is 6.30. The summed E-state index contributed by atoms with van der Waals surface area (Å²) in [5.41, 5.74) is 1.87. The average Bonchev–Trinajstić information content (AvgIpc) is 2.99. The summed E-state index contributed by atoms with van der Waals surface area (Å²) in [4.78, 5) is 16.5. The number of carbonyl (C=O) groups is 1. The van der Waals surface area contributed by atoms with Crippen molar-refractivity contribution >= 4 is 17.6 Å². The lowest BCUT2D eigenvalue weighted by atomic mass is 9.87. The number of imidazole rings is 1. The van der Waals surface area contributed by atoms with Crippen LogP contribution in [0.15, 0.2) is 36.8 Å². The highest BCUT2D eigenvalue weighted by Crippen LogP contribution is 2.22. The normalized spacial score (nSPS) is 13.5. The van der Waals surface area contributed by atoms with E-state index in [2.05, 4.69) is 4.98 Å². The Balaban J connectivity index is 1.98. The van der Waals surface area contributed by atoms with Crippen molar-refractivity contribution in [2.24, 2.45) is 18.9 Å². The number of aryl methyl sites for hydroxylation is 1. The van der Waals surface area contributed by atoms with Gasteiger partial charge in [-0.1, -0.05) is 30.7 Å². The summed E-state index contributed by atoms with van der Waals surface area (Å²) in [6.45, 7) is 2.07. The summed E-state index contributed by atoms with van der Waals surface area (Å²) in [6.07, 6.45) is 4.67. The van der Waals surface area contributed by atoms with Crippen molar-refractivity contribution in [2.75, 3.05) is 6.61 Å². The SMILES string of the molecule is CCC(C(=O)OCc1ccc(Cl)cc1)C(CO)Cc1cncn1C. The van der Waals surface area contributed by atoms with E-state index in [4.69, 9.17) is 16.3 Å². The Bertz CT molecular complexity index is 655. The zero-order valence-corrected chi connectivity index (χ0v) is 14.7. The Morgan fingerprint density at radius 3 is 2.62 bits per heavy atom. The fraction of sp³-hybridized carbons (Fsp3) is 0.444. The quantitative estimate of drug-likeness (QED) is 0.743. The minimum Gasteiger partial charge on any atom is -0.461 e. The number of carbonyl (C=O) groups excluding carboxylic acids is 1. The molecule has 0 saturated carbocycles. The number of rotatable bonds is 8. The van der Waals surface area contributed by atoms with E-state index in [1.165, 1.54) is 0 Å². The maximum absolute atomic E-state index is 12.4. The van der Waals surface area contributed by atoms with E-state index in [1.807, 2.05) is 30.7 Å². The van der Waals surface area contributed by atoms with Crippen molar-refractivity contribution in [1.29, 1.82) is 0 Å². The lowest BCUT2D eigenvalue weighted by molar-refractivity contribution is -0.152.